The van der Waals surface area contributed by atoms with E-state index in [0.717, 1.165) is 25.7 Å². The second-order valence-electron chi connectivity index (χ2n) is 6.91. The van der Waals surface area contributed by atoms with E-state index in [0.29, 0.717) is 31.1 Å². The van der Waals surface area contributed by atoms with E-state index in [2.05, 4.69) is 18.7 Å². The molecule has 2 saturated heterocycles. The number of piperidine rings is 1. The summed E-state index contributed by atoms with van der Waals surface area (Å²) >= 11 is 0. The van der Waals surface area contributed by atoms with Crippen molar-refractivity contribution in [2.75, 3.05) is 6.54 Å². The fourth-order valence-corrected chi connectivity index (χ4v) is 4.01. The highest BCUT2D eigenvalue weighted by Gasteiger charge is 2.42. The summed E-state index contributed by atoms with van der Waals surface area (Å²) in [5.74, 6) is 0.330. The molecule has 1 aliphatic carbocycles. The smallest absolute Gasteiger partial charge is 0.228 e. The molecule has 2 amide bonds. The van der Waals surface area contributed by atoms with Crippen LogP contribution in [0.1, 0.15) is 58.8 Å². The third-order valence-electron chi connectivity index (χ3n) is 5.47. The average molecular weight is 278 g/mol. The van der Waals surface area contributed by atoms with Gasteiger partial charge in [0.2, 0.25) is 11.8 Å². The van der Waals surface area contributed by atoms with Gasteiger partial charge in [0.1, 0.15) is 0 Å². The van der Waals surface area contributed by atoms with Crippen LogP contribution in [0.4, 0.5) is 0 Å². The zero-order valence-electron chi connectivity index (χ0n) is 12.7. The summed E-state index contributed by atoms with van der Waals surface area (Å²) in [4.78, 5) is 29.0. The number of carbonyl (C=O) groups is 2. The first kappa shape index (κ1) is 13.9. The van der Waals surface area contributed by atoms with Crippen LogP contribution < -0.4 is 0 Å². The Labute approximate surface area is 121 Å². The standard InChI is InChI=1S/C16H26N2O2/c1-11-5-3-6-12(2)18(11)16(20)13-9-15(19)17(10-13)14-7-4-8-14/h11-14H,3-10H2,1-2H3. The van der Waals surface area contributed by atoms with E-state index in [4.69, 9.17) is 0 Å². The van der Waals surface area contributed by atoms with Gasteiger partial charge in [0.05, 0.1) is 5.92 Å². The van der Waals surface area contributed by atoms with Gasteiger partial charge in [-0.15, -0.1) is 0 Å². The predicted molar refractivity (Wildman–Crippen MR) is 77.1 cm³/mol. The molecule has 3 unspecified atom stereocenters. The van der Waals surface area contributed by atoms with Crippen LogP contribution >= 0.6 is 0 Å². The van der Waals surface area contributed by atoms with Crippen LogP contribution in [0.2, 0.25) is 0 Å². The molecule has 2 aliphatic heterocycles. The third-order valence-corrected chi connectivity index (χ3v) is 5.47. The van der Waals surface area contributed by atoms with Crippen molar-refractivity contribution in [3.63, 3.8) is 0 Å². The minimum Gasteiger partial charge on any atom is -0.339 e. The summed E-state index contributed by atoms with van der Waals surface area (Å²) in [5.41, 5.74) is 0. The Bertz CT molecular complexity index is 395. The van der Waals surface area contributed by atoms with Crippen LogP contribution in [0.5, 0.6) is 0 Å². The molecule has 0 aromatic heterocycles. The third kappa shape index (κ3) is 2.33. The van der Waals surface area contributed by atoms with Crippen molar-refractivity contribution in [2.45, 2.75) is 76.9 Å². The molecule has 3 aliphatic rings. The second-order valence-corrected chi connectivity index (χ2v) is 6.91. The molecule has 3 rings (SSSR count). The largest absolute Gasteiger partial charge is 0.339 e. The van der Waals surface area contributed by atoms with Crippen molar-refractivity contribution in [3.05, 3.63) is 0 Å². The Hall–Kier alpha value is -1.06. The molecule has 0 aromatic carbocycles. The molecule has 2 heterocycles. The van der Waals surface area contributed by atoms with Gasteiger partial charge in [-0.3, -0.25) is 9.59 Å². The number of amides is 2. The SMILES string of the molecule is CC1CCCC(C)N1C(=O)C1CC(=O)N(C2CCC2)C1. The highest BCUT2D eigenvalue weighted by Crippen LogP contribution is 2.33. The van der Waals surface area contributed by atoms with Gasteiger partial charge in [-0.2, -0.15) is 0 Å². The van der Waals surface area contributed by atoms with Gasteiger partial charge in [-0.25, -0.2) is 0 Å². The van der Waals surface area contributed by atoms with E-state index in [1.54, 1.807) is 0 Å². The van der Waals surface area contributed by atoms with Crippen molar-refractivity contribution < 1.29 is 9.59 Å². The fraction of sp³-hybridized carbons (Fsp3) is 0.875. The number of carbonyl (C=O) groups excluding carboxylic acids is 2. The highest BCUT2D eigenvalue weighted by atomic mass is 16.2. The van der Waals surface area contributed by atoms with Gasteiger partial charge in [-0.05, 0) is 52.4 Å². The summed E-state index contributed by atoms with van der Waals surface area (Å²) in [6.45, 7) is 4.96. The first-order chi connectivity index (χ1) is 9.58. The highest BCUT2D eigenvalue weighted by molar-refractivity contribution is 5.89. The lowest BCUT2D eigenvalue weighted by atomic mass is 9.91. The molecular formula is C16H26N2O2. The molecule has 3 atom stereocenters. The average Bonchev–Trinajstić information content (AvgIpc) is 2.69. The maximum Gasteiger partial charge on any atom is 0.228 e. The molecule has 4 nitrogen and oxygen atoms in total. The van der Waals surface area contributed by atoms with Crippen molar-refractivity contribution >= 4 is 11.8 Å². The molecule has 0 N–H and O–H groups in total. The van der Waals surface area contributed by atoms with Crippen LogP contribution in [0, 0.1) is 5.92 Å². The maximum absolute atomic E-state index is 12.8. The van der Waals surface area contributed by atoms with Crippen molar-refractivity contribution in [1.82, 2.24) is 9.80 Å². The molecule has 0 spiro atoms. The molecule has 4 heteroatoms. The van der Waals surface area contributed by atoms with Crippen molar-refractivity contribution in [1.29, 1.82) is 0 Å². The van der Waals surface area contributed by atoms with Gasteiger partial charge in [0.25, 0.3) is 0 Å². The van der Waals surface area contributed by atoms with Crippen molar-refractivity contribution in [3.8, 4) is 0 Å². The van der Waals surface area contributed by atoms with Crippen LogP contribution in [0.3, 0.4) is 0 Å². The van der Waals surface area contributed by atoms with Gasteiger partial charge < -0.3 is 9.80 Å². The molecule has 3 fully saturated rings. The van der Waals surface area contributed by atoms with E-state index in [9.17, 15) is 9.59 Å². The summed E-state index contributed by atoms with van der Waals surface area (Å²) in [7, 11) is 0. The fourth-order valence-electron chi connectivity index (χ4n) is 4.01. The molecule has 0 aromatic rings. The van der Waals surface area contributed by atoms with E-state index < -0.39 is 0 Å². The molecular weight excluding hydrogens is 252 g/mol. The van der Waals surface area contributed by atoms with E-state index in [1.807, 2.05) is 4.90 Å². The first-order valence-corrected chi connectivity index (χ1v) is 8.19. The maximum atomic E-state index is 12.8. The molecule has 1 saturated carbocycles. The number of nitrogens with zero attached hydrogens (tertiary/aromatic N) is 2. The van der Waals surface area contributed by atoms with Crippen LogP contribution in [-0.4, -0.2) is 46.3 Å². The van der Waals surface area contributed by atoms with Gasteiger partial charge in [-0.1, -0.05) is 0 Å². The van der Waals surface area contributed by atoms with Crippen molar-refractivity contribution in [2.24, 2.45) is 5.92 Å². The number of rotatable bonds is 2. The lowest BCUT2D eigenvalue weighted by molar-refractivity contribution is -0.141. The van der Waals surface area contributed by atoms with Crippen LogP contribution in [0.15, 0.2) is 0 Å². The first-order valence-electron chi connectivity index (χ1n) is 8.19. The lowest BCUT2D eigenvalue weighted by Crippen LogP contribution is -2.50. The van der Waals surface area contributed by atoms with Gasteiger partial charge in [0, 0.05) is 31.1 Å². The quantitative estimate of drug-likeness (QED) is 0.777. The lowest BCUT2D eigenvalue weighted by Gasteiger charge is -2.40. The Morgan fingerprint density at radius 1 is 1.05 bits per heavy atom. The van der Waals surface area contributed by atoms with Gasteiger partial charge >= 0.3 is 0 Å². The molecule has 0 bridgehead atoms. The van der Waals surface area contributed by atoms with Crippen LogP contribution in [0.25, 0.3) is 0 Å². The zero-order valence-corrected chi connectivity index (χ0v) is 12.7. The summed E-state index contributed by atoms with van der Waals surface area (Å²) < 4.78 is 0. The summed E-state index contributed by atoms with van der Waals surface area (Å²) in [5, 5.41) is 0. The topological polar surface area (TPSA) is 40.6 Å². The van der Waals surface area contributed by atoms with Gasteiger partial charge in [0.15, 0.2) is 0 Å². The number of hydrogen-bond acceptors (Lipinski definition) is 2. The Balaban J connectivity index is 1.66. The Kier molecular flexibility index (Phi) is 3.74. The summed E-state index contributed by atoms with van der Waals surface area (Å²) in [6.07, 6.45) is 7.33. The van der Waals surface area contributed by atoms with E-state index in [1.165, 1.54) is 12.8 Å². The Morgan fingerprint density at radius 2 is 1.65 bits per heavy atom. The predicted octanol–water partition coefficient (Wildman–Crippen LogP) is 2.18. The monoisotopic (exact) mass is 278 g/mol. The van der Waals surface area contributed by atoms with E-state index >= 15 is 0 Å². The van der Waals surface area contributed by atoms with Crippen LogP contribution in [-0.2, 0) is 9.59 Å². The Morgan fingerprint density at radius 3 is 2.20 bits per heavy atom. The zero-order chi connectivity index (χ0) is 14.3. The summed E-state index contributed by atoms with van der Waals surface area (Å²) in [6, 6.07) is 1.09. The normalized spacial score (nSPS) is 35.3. The number of hydrogen-bond donors (Lipinski definition) is 0. The minimum absolute atomic E-state index is 0.0916. The molecule has 0 radical (unpaired) electrons. The molecule has 20 heavy (non-hydrogen) atoms. The second kappa shape index (κ2) is 5.38. The number of likely N-dealkylation sites (tertiary alicyclic amines) is 2. The van der Waals surface area contributed by atoms with E-state index in [-0.39, 0.29) is 17.7 Å². The molecule has 112 valence electrons. The minimum atomic E-state index is -0.0916.